The first kappa shape index (κ1) is 21.5. The third-order valence-electron chi connectivity index (χ3n) is 4.29. The van der Waals surface area contributed by atoms with E-state index in [1.165, 1.54) is 0 Å². The molecule has 0 bridgehead atoms. The molecule has 0 radical (unpaired) electrons. The minimum atomic E-state index is -4.14. The van der Waals surface area contributed by atoms with Gasteiger partial charge in [-0.25, -0.2) is 17.9 Å². The fourth-order valence-electron chi connectivity index (χ4n) is 2.54. The van der Waals surface area contributed by atoms with Gasteiger partial charge in [0.15, 0.2) is 0 Å². The van der Waals surface area contributed by atoms with Gasteiger partial charge < -0.3 is 10.6 Å². The molecule has 0 saturated heterocycles. The molecule has 150 valence electrons. The summed E-state index contributed by atoms with van der Waals surface area (Å²) in [5, 5.41) is 10.2. The highest BCUT2D eigenvalue weighted by molar-refractivity contribution is 7.89. The van der Waals surface area contributed by atoms with Gasteiger partial charge in [-0.15, -0.1) is 0 Å². The fourth-order valence-corrected chi connectivity index (χ4v) is 3.10. The van der Waals surface area contributed by atoms with Crippen LogP contribution in [0.2, 0.25) is 0 Å². The van der Waals surface area contributed by atoms with Crippen LogP contribution in [0.1, 0.15) is 30.6 Å². The maximum atomic E-state index is 13.7. The van der Waals surface area contributed by atoms with Crippen LogP contribution in [0, 0.1) is 11.7 Å². The van der Waals surface area contributed by atoms with Gasteiger partial charge in [0.25, 0.3) is 5.91 Å². The fraction of sp³-hybridized carbons (Fsp3) is 0.263. The maximum absolute atomic E-state index is 13.7. The molecule has 2 unspecified atom stereocenters. The number of amides is 2. The average molecular weight is 407 g/mol. The first-order chi connectivity index (χ1) is 13.1. The highest BCUT2D eigenvalue weighted by atomic mass is 32.2. The Morgan fingerprint density at radius 3 is 2.36 bits per heavy atom. The molecule has 0 aliphatic carbocycles. The lowest BCUT2D eigenvalue weighted by atomic mass is 9.97. The first-order valence-electron chi connectivity index (χ1n) is 8.62. The Morgan fingerprint density at radius 2 is 1.79 bits per heavy atom. The highest BCUT2D eigenvalue weighted by Gasteiger charge is 2.27. The van der Waals surface area contributed by atoms with Crippen LogP contribution in [0.25, 0.3) is 0 Å². The lowest BCUT2D eigenvalue weighted by molar-refractivity contribution is -0.119. The largest absolute Gasteiger partial charge is 0.340 e. The van der Waals surface area contributed by atoms with Gasteiger partial charge in [-0.1, -0.05) is 38.5 Å². The molecule has 2 atom stereocenters. The number of benzene rings is 2. The van der Waals surface area contributed by atoms with Gasteiger partial charge in [-0.3, -0.25) is 9.59 Å². The van der Waals surface area contributed by atoms with Crippen molar-refractivity contribution in [2.24, 2.45) is 11.1 Å². The Hall–Kier alpha value is -2.78. The van der Waals surface area contributed by atoms with Crippen molar-refractivity contribution in [3.05, 3.63) is 59.9 Å². The Labute approximate surface area is 163 Å². The quantitative estimate of drug-likeness (QED) is 0.652. The van der Waals surface area contributed by atoms with Crippen LogP contribution >= 0.6 is 0 Å². The summed E-state index contributed by atoms with van der Waals surface area (Å²) >= 11 is 0. The number of primary sulfonamides is 1. The molecule has 0 aliphatic heterocycles. The summed E-state index contributed by atoms with van der Waals surface area (Å²) in [5.74, 6) is -2.11. The average Bonchev–Trinajstić information content (AvgIpc) is 2.64. The van der Waals surface area contributed by atoms with Crippen molar-refractivity contribution >= 4 is 27.5 Å². The Balaban J connectivity index is 2.24. The Kier molecular flexibility index (Phi) is 6.87. The predicted octanol–water partition coefficient (Wildman–Crippen LogP) is 2.26. The molecule has 0 aromatic heterocycles. The standard InChI is InChI=1S/C19H22FN3O4S/c1-3-12(2)17(23-18(24)13-7-5-4-6-8-13)19(25)22-15-9-14(20)10-16(11-15)28(21,26)27/h4-12,17H,3H2,1-2H3,(H,22,25)(H,23,24)(H2,21,26,27). The molecule has 2 aromatic carbocycles. The molecule has 0 spiro atoms. The minimum absolute atomic E-state index is 0.0729. The lowest BCUT2D eigenvalue weighted by Gasteiger charge is -2.23. The van der Waals surface area contributed by atoms with E-state index in [0.29, 0.717) is 12.0 Å². The van der Waals surface area contributed by atoms with Crippen molar-refractivity contribution in [3.63, 3.8) is 0 Å². The monoisotopic (exact) mass is 407 g/mol. The number of sulfonamides is 1. The molecule has 4 N–H and O–H groups in total. The second kappa shape index (κ2) is 8.94. The molecule has 0 aliphatic rings. The van der Waals surface area contributed by atoms with Gasteiger partial charge in [-0.05, 0) is 36.2 Å². The number of nitrogens with two attached hydrogens (primary N) is 1. The lowest BCUT2D eigenvalue weighted by Crippen LogP contribution is -2.47. The number of nitrogens with one attached hydrogen (secondary N) is 2. The van der Waals surface area contributed by atoms with Crippen LogP contribution in [0.15, 0.2) is 53.4 Å². The van der Waals surface area contributed by atoms with Crippen LogP contribution in [-0.2, 0) is 14.8 Å². The van der Waals surface area contributed by atoms with Crippen LogP contribution in [0.5, 0.6) is 0 Å². The molecule has 2 rings (SSSR count). The van der Waals surface area contributed by atoms with E-state index in [1.807, 2.05) is 6.92 Å². The van der Waals surface area contributed by atoms with E-state index in [-0.39, 0.29) is 11.6 Å². The predicted molar refractivity (Wildman–Crippen MR) is 104 cm³/mol. The van der Waals surface area contributed by atoms with E-state index in [9.17, 15) is 22.4 Å². The summed E-state index contributed by atoms with van der Waals surface area (Å²) < 4.78 is 36.6. The smallest absolute Gasteiger partial charge is 0.251 e. The second-order valence-corrected chi connectivity index (χ2v) is 7.97. The van der Waals surface area contributed by atoms with Crippen molar-refractivity contribution < 1.29 is 22.4 Å². The maximum Gasteiger partial charge on any atom is 0.251 e. The number of anilines is 1. The molecule has 9 heteroatoms. The van der Waals surface area contributed by atoms with Crippen LogP contribution in [-0.4, -0.2) is 26.3 Å². The topological polar surface area (TPSA) is 118 Å². The molecular formula is C19H22FN3O4S. The zero-order valence-corrected chi connectivity index (χ0v) is 16.3. The molecule has 28 heavy (non-hydrogen) atoms. The number of hydrogen-bond acceptors (Lipinski definition) is 4. The molecule has 0 heterocycles. The summed E-state index contributed by atoms with van der Waals surface area (Å²) in [5.41, 5.74) is 0.321. The zero-order valence-electron chi connectivity index (χ0n) is 15.5. The molecular weight excluding hydrogens is 385 g/mol. The third kappa shape index (κ3) is 5.61. The van der Waals surface area contributed by atoms with E-state index < -0.39 is 38.6 Å². The number of carbonyl (C=O) groups is 2. The summed E-state index contributed by atoms with van der Waals surface area (Å²) in [6.45, 7) is 3.65. The van der Waals surface area contributed by atoms with E-state index in [2.05, 4.69) is 10.6 Å². The van der Waals surface area contributed by atoms with Gasteiger partial charge in [-0.2, -0.15) is 0 Å². The van der Waals surface area contributed by atoms with E-state index in [0.717, 1.165) is 18.2 Å². The highest BCUT2D eigenvalue weighted by Crippen LogP contribution is 2.19. The molecule has 2 aromatic rings. The minimum Gasteiger partial charge on any atom is -0.340 e. The van der Waals surface area contributed by atoms with E-state index in [4.69, 9.17) is 5.14 Å². The van der Waals surface area contributed by atoms with Gasteiger partial charge in [0.05, 0.1) is 4.90 Å². The molecule has 0 fully saturated rings. The SMILES string of the molecule is CCC(C)C(NC(=O)c1ccccc1)C(=O)Nc1cc(F)cc(S(N)(=O)=O)c1. The third-order valence-corrected chi connectivity index (χ3v) is 5.18. The van der Waals surface area contributed by atoms with E-state index >= 15 is 0 Å². The van der Waals surface area contributed by atoms with Crippen molar-refractivity contribution in [1.82, 2.24) is 5.32 Å². The van der Waals surface area contributed by atoms with Crippen LogP contribution in [0.4, 0.5) is 10.1 Å². The zero-order chi connectivity index (χ0) is 20.9. The van der Waals surface area contributed by atoms with Gasteiger partial charge >= 0.3 is 0 Å². The number of hydrogen-bond donors (Lipinski definition) is 3. The van der Waals surface area contributed by atoms with Crippen LogP contribution in [0.3, 0.4) is 0 Å². The summed E-state index contributed by atoms with van der Waals surface area (Å²) in [6.07, 6.45) is 0.596. The number of rotatable bonds is 7. The summed E-state index contributed by atoms with van der Waals surface area (Å²) in [4.78, 5) is 24.7. The Bertz CT molecular complexity index is 964. The van der Waals surface area contributed by atoms with Crippen molar-refractivity contribution in [1.29, 1.82) is 0 Å². The summed E-state index contributed by atoms with van der Waals surface area (Å²) in [6, 6.07) is 10.3. The van der Waals surface area contributed by atoms with Gasteiger partial charge in [0.1, 0.15) is 11.9 Å². The molecule has 7 nitrogen and oxygen atoms in total. The van der Waals surface area contributed by atoms with Gasteiger partial charge in [0, 0.05) is 11.3 Å². The Morgan fingerprint density at radius 1 is 1.14 bits per heavy atom. The van der Waals surface area contributed by atoms with Crippen molar-refractivity contribution in [2.75, 3.05) is 5.32 Å². The summed E-state index contributed by atoms with van der Waals surface area (Å²) in [7, 11) is -4.14. The number of carbonyl (C=O) groups excluding carboxylic acids is 2. The second-order valence-electron chi connectivity index (χ2n) is 6.41. The van der Waals surface area contributed by atoms with Crippen molar-refractivity contribution in [3.8, 4) is 0 Å². The first-order valence-corrected chi connectivity index (χ1v) is 10.2. The normalized spacial score (nSPS) is 13.4. The van der Waals surface area contributed by atoms with Crippen LogP contribution < -0.4 is 15.8 Å². The van der Waals surface area contributed by atoms with E-state index in [1.54, 1.807) is 37.3 Å². The van der Waals surface area contributed by atoms with Gasteiger partial charge in [0.2, 0.25) is 15.9 Å². The van der Waals surface area contributed by atoms with Crippen molar-refractivity contribution in [2.45, 2.75) is 31.2 Å². The molecule has 0 saturated carbocycles. The molecule has 2 amide bonds. The number of halogens is 1.